The SMILES string of the molecule is Cc1cc(C(=O)NCC(C)CCN)c(C)o1. The molecule has 3 N–H and O–H groups in total. The molecule has 1 aromatic heterocycles. The van der Waals surface area contributed by atoms with Crippen LogP contribution in [0.5, 0.6) is 0 Å². The Labute approximate surface area is 96.2 Å². The number of furan rings is 1. The number of amides is 1. The van der Waals surface area contributed by atoms with Gasteiger partial charge in [0.05, 0.1) is 5.56 Å². The summed E-state index contributed by atoms with van der Waals surface area (Å²) >= 11 is 0. The Hall–Kier alpha value is -1.29. The van der Waals surface area contributed by atoms with E-state index in [1.54, 1.807) is 13.0 Å². The summed E-state index contributed by atoms with van der Waals surface area (Å²) in [6.45, 7) is 7.01. The van der Waals surface area contributed by atoms with Crippen LogP contribution in [0.1, 0.15) is 35.2 Å². The van der Waals surface area contributed by atoms with Crippen molar-refractivity contribution in [1.29, 1.82) is 0 Å². The Morgan fingerprint density at radius 2 is 2.25 bits per heavy atom. The summed E-state index contributed by atoms with van der Waals surface area (Å²) in [5.41, 5.74) is 6.07. The van der Waals surface area contributed by atoms with E-state index in [0.717, 1.165) is 12.2 Å². The number of nitrogens with one attached hydrogen (secondary N) is 1. The molecule has 1 atom stereocenters. The van der Waals surface area contributed by atoms with Crippen LogP contribution in [-0.2, 0) is 0 Å². The molecule has 4 nitrogen and oxygen atoms in total. The monoisotopic (exact) mass is 224 g/mol. The molecule has 0 saturated heterocycles. The third kappa shape index (κ3) is 3.38. The topological polar surface area (TPSA) is 68.3 Å². The van der Waals surface area contributed by atoms with Crippen LogP contribution >= 0.6 is 0 Å². The van der Waals surface area contributed by atoms with Crippen LogP contribution in [0, 0.1) is 19.8 Å². The molecule has 16 heavy (non-hydrogen) atoms. The first kappa shape index (κ1) is 12.8. The predicted octanol–water partition coefficient (Wildman–Crippen LogP) is 1.61. The Morgan fingerprint density at radius 1 is 1.56 bits per heavy atom. The summed E-state index contributed by atoms with van der Waals surface area (Å²) in [6.07, 6.45) is 0.920. The maximum atomic E-state index is 11.8. The van der Waals surface area contributed by atoms with Gasteiger partial charge < -0.3 is 15.5 Å². The van der Waals surface area contributed by atoms with Crippen molar-refractivity contribution in [3.05, 3.63) is 23.2 Å². The molecule has 1 heterocycles. The third-order valence-corrected chi connectivity index (χ3v) is 2.56. The van der Waals surface area contributed by atoms with Gasteiger partial charge in [0.15, 0.2) is 0 Å². The Morgan fingerprint density at radius 3 is 2.75 bits per heavy atom. The lowest BCUT2D eigenvalue weighted by Gasteiger charge is -2.10. The van der Waals surface area contributed by atoms with E-state index < -0.39 is 0 Å². The summed E-state index contributed by atoms with van der Waals surface area (Å²) in [7, 11) is 0. The Balaban J connectivity index is 2.50. The Bertz CT molecular complexity index is 358. The van der Waals surface area contributed by atoms with Crippen LogP contribution in [0.4, 0.5) is 0 Å². The molecule has 0 aliphatic rings. The number of aryl methyl sites for hydroxylation is 2. The summed E-state index contributed by atoms with van der Waals surface area (Å²) in [5, 5.41) is 2.88. The van der Waals surface area contributed by atoms with Crippen LogP contribution in [0.15, 0.2) is 10.5 Å². The van der Waals surface area contributed by atoms with E-state index in [9.17, 15) is 4.79 Å². The average molecular weight is 224 g/mol. The molecule has 0 aliphatic heterocycles. The molecule has 0 radical (unpaired) electrons. The quantitative estimate of drug-likeness (QED) is 0.798. The normalized spacial score (nSPS) is 12.5. The lowest BCUT2D eigenvalue weighted by atomic mass is 10.1. The smallest absolute Gasteiger partial charge is 0.254 e. The highest BCUT2D eigenvalue weighted by Gasteiger charge is 2.13. The number of hydrogen-bond donors (Lipinski definition) is 2. The number of rotatable bonds is 5. The molecule has 0 fully saturated rings. The number of hydrogen-bond acceptors (Lipinski definition) is 3. The molecule has 1 unspecified atom stereocenters. The summed E-state index contributed by atoms with van der Waals surface area (Å²) in [4.78, 5) is 11.8. The van der Waals surface area contributed by atoms with Crippen molar-refractivity contribution in [2.45, 2.75) is 27.2 Å². The largest absolute Gasteiger partial charge is 0.466 e. The van der Waals surface area contributed by atoms with Gasteiger partial charge in [-0.05, 0) is 38.8 Å². The van der Waals surface area contributed by atoms with E-state index in [4.69, 9.17) is 10.2 Å². The standard InChI is InChI=1S/C12H20N2O2/c1-8(4-5-13)7-14-12(15)11-6-9(2)16-10(11)3/h6,8H,4-5,7,13H2,1-3H3,(H,14,15). The van der Waals surface area contributed by atoms with E-state index in [1.165, 1.54) is 0 Å². The molecule has 0 saturated carbocycles. The fraction of sp³-hybridized carbons (Fsp3) is 0.583. The molecule has 0 aromatic carbocycles. The van der Waals surface area contributed by atoms with Gasteiger partial charge in [0.2, 0.25) is 0 Å². The van der Waals surface area contributed by atoms with Crippen molar-refractivity contribution in [2.75, 3.05) is 13.1 Å². The highest BCUT2D eigenvalue weighted by molar-refractivity contribution is 5.95. The first-order chi connectivity index (χ1) is 7.54. The Kier molecular flexibility index (Phi) is 4.55. The number of nitrogens with two attached hydrogens (primary N) is 1. The molecule has 0 spiro atoms. The third-order valence-electron chi connectivity index (χ3n) is 2.56. The van der Waals surface area contributed by atoms with Gasteiger partial charge in [0.25, 0.3) is 5.91 Å². The molecule has 0 bridgehead atoms. The molecular formula is C12H20N2O2. The van der Waals surface area contributed by atoms with Crippen molar-refractivity contribution in [1.82, 2.24) is 5.32 Å². The predicted molar refractivity (Wildman–Crippen MR) is 63.4 cm³/mol. The van der Waals surface area contributed by atoms with Crippen LogP contribution < -0.4 is 11.1 Å². The van der Waals surface area contributed by atoms with Gasteiger partial charge in [-0.15, -0.1) is 0 Å². The number of carbonyl (C=O) groups is 1. The molecule has 90 valence electrons. The second-order valence-electron chi connectivity index (χ2n) is 4.22. The molecule has 1 aromatic rings. The van der Waals surface area contributed by atoms with E-state index in [2.05, 4.69) is 12.2 Å². The maximum absolute atomic E-state index is 11.8. The zero-order chi connectivity index (χ0) is 12.1. The lowest BCUT2D eigenvalue weighted by molar-refractivity contribution is 0.0946. The molecule has 1 amide bonds. The molecule has 0 aliphatic carbocycles. The van der Waals surface area contributed by atoms with E-state index >= 15 is 0 Å². The highest BCUT2D eigenvalue weighted by Crippen LogP contribution is 2.13. The van der Waals surface area contributed by atoms with Crippen molar-refractivity contribution >= 4 is 5.91 Å². The molecule has 1 rings (SSSR count). The van der Waals surface area contributed by atoms with E-state index in [1.807, 2.05) is 6.92 Å². The van der Waals surface area contributed by atoms with Crippen molar-refractivity contribution < 1.29 is 9.21 Å². The van der Waals surface area contributed by atoms with Crippen LogP contribution in [0.25, 0.3) is 0 Å². The lowest BCUT2D eigenvalue weighted by Crippen LogP contribution is -2.29. The van der Waals surface area contributed by atoms with Crippen LogP contribution in [0.2, 0.25) is 0 Å². The first-order valence-corrected chi connectivity index (χ1v) is 5.60. The van der Waals surface area contributed by atoms with E-state index in [0.29, 0.717) is 30.3 Å². The van der Waals surface area contributed by atoms with Crippen molar-refractivity contribution in [2.24, 2.45) is 11.7 Å². The molecule has 4 heteroatoms. The van der Waals surface area contributed by atoms with Gasteiger partial charge in [-0.2, -0.15) is 0 Å². The summed E-state index contributed by atoms with van der Waals surface area (Å²) in [6, 6.07) is 1.76. The van der Waals surface area contributed by atoms with E-state index in [-0.39, 0.29) is 5.91 Å². The second kappa shape index (κ2) is 5.70. The van der Waals surface area contributed by atoms with Crippen LogP contribution in [-0.4, -0.2) is 19.0 Å². The minimum absolute atomic E-state index is 0.0711. The molecular weight excluding hydrogens is 204 g/mol. The fourth-order valence-electron chi connectivity index (χ4n) is 1.60. The second-order valence-corrected chi connectivity index (χ2v) is 4.22. The maximum Gasteiger partial charge on any atom is 0.254 e. The zero-order valence-corrected chi connectivity index (χ0v) is 10.2. The number of carbonyl (C=O) groups excluding carboxylic acids is 1. The minimum Gasteiger partial charge on any atom is -0.466 e. The van der Waals surface area contributed by atoms with Gasteiger partial charge in [-0.3, -0.25) is 4.79 Å². The minimum atomic E-state index is -0.0711. The van der Waals surface area contributed by atoms with Crippen LogP contribution in [0.3, 0.4) is 0 Å². The first-order valence-electron chi connectivity index (χ1n) is 5.60. The average Bonchev–Trinajstić information content (AvgIpc) is 2.55. The van der Waals surface area contributed by atoms with Gasteiger partial charge in [0.1, 0.15) is 11.5 Å². The van der Waals surface area contributed by atoms with Gasteiger partial charge in [0, 0.05) is 6.54 Å². The fourth-order valence-corrected chi connectivity index (χ4v) is 1.60. The van der Waals surface area contributed by atoms with Gasteiger partial charge in [-0.25, -0.2) is 0 Å². The zero-order valence-electron chi connectivity index (χ0n) is 10.2. The van der Waals surface area contributed by atoms with Gasteiger partial charge in [-0.1, -0.05) is 6.92 Å². The summed E-state index contributed by atoms with van der Waals surface area (Å²) in [5.74, 6) is 1.76. The van der Waals surface area contributed by atoms with Crippen molar-refractivity contribution in [3.8, 4) is 0 Å². The van der Waals surface area contributed by atoms with Gasteiger partial charge >= 0.3 is 0 Å². The summed E-state index contributed by atoms with van der Waals surface area (Å²) < 4.78 is 5.31. The highest BCUT2D eigenvalue weighted by atomic mass is 16.3. The van der Waals surface area contributed by atoms with Crippen molar-refractivity contribution in [3.63, 3.8) is 0 Å².